The third-order valence-corrected chi connectivity index (χ3v) is 4.24. The molecule has 1 heterocycles. The summed E-state index contributed by atoms with van der Waals surface area (Å²) in [6.45, 7) is 1.02. The van der Waals surface area contributed by atoms with Crippen molar-refractivity contribution < 1.29 is 0 Å². The number of fused-ring (bicyclic) bond motifs is 1. The van der Waals surface area contributed by atoms with Crippen LogP contribution in [-0.4, -0.2) is 28.1 Å². The zero-order chi connectivity index (χ0) is 15.4. The first-order valence-corrected chi connectivity index (χ1v) is 7.98. The van der Waals surface area contributed by atoms with Gasteiger partial charge in [-0.15, -0.1) is 24.0 Å². The van der Waals surface area contributed by atoms with Gasteiger partial charge < -0.3 is 16.0 Å². The molecule has 1 fully saturated rings. The minimum Gasteiger partial charge on any atom is -0.370 e. The number of para-hydroxylation sites is 2. The van der Waals surface area contributed by atoms with Crippen LogP contribution in [0, 0.1) is 0 Å². The van der Waals surface area contributed by atoms with Crippen LogP contribution in [0.15, 0.2) is 34.1 Å². The van der Waals surface area contributed by atoms with Gasteiger partial charge in [-0.3, -0.25) is 9.56 Å². The van der Waals surface area contributed by atoms with Gasteiger partial charge in [0.25, 0.3) is 0 Å². The van der Waals surface area contributed by atoms with E-state index >= 15 is 0 Å². The smallest absolute Gasteiger partial charge is 0.326 e. The zero-order valence-corrected chi connectivity index (χ0v) is 15.5. The molecular weight excluding hydrogens is 405 g/mol. The number of halogens is 1. The molecule has 0 radical (unpaired) electrons. The van der Waals surface area contributed by atoms with Crippen molar-refractivity contribution in [2.24, 2.45) is 10.7 Å². The third kappa shape index (κ3) is 4.49. The molecule has 0 saturated heterocycles. The summed E-state index contributed by atoms with van der Waals surface area (Å²) in [5.41, 5.74) is 7.59. The number of hydrogen-bond donors (Lipinski definition) is 3. The fourth-order valence-electron chi connectivity index (χ4n) is 3.10. The van der Waals surface area contributed by atoms with Crippen molar-refractivity contribution in [2.75, 3.05) is 6.54 Å². The van der Waals surface area contributed by atoms with Crippen molar-refractivity contribution in [1.29, 1.82) is 0 Å². The van der Waals surface area contributed by atoms with E-state index < -0.39 is 0 Å². The van der Waals surface area contributed by atoms with E-state index in [4.69, 9.17) is 5.73 Å². The average molecular weight is 429 g/mol. The molecule has 2 aromatic rings. The fraction of sp³-hybridized carbons (Fsp3) is 0.500. The van der Waals surface area contributed by atoms with Crippen molar-refractivity contribution in [3.8, 4) is 0 Å². The van der Waals surface area contributed by atoms with Crippen molar-refractivity contribution in [2.45, 2.75) is 44.7 Å². The van der Waals surface area contributed by atoms with Crippen LogP contribution < -0.4 is 16.7 Å². The van der Waals surface area contributed by atoms with E-state index in [1.54, 1.807) is 4.57 Å². The second-order valence-electron chi connectivity index (χ2n) is 5.85. The van der Waals surface area contributed by atoms with Crippen LogP contribution in [0.25, 0.3) is 11.0 Å². The molecule has 3 rings (SSSR count). The normalized spacial score (nSPS) is 16.3. The lowest BCUT2D eigenvalue weighted by atomic mass is 9.96. The highest BCUT2D eigenvalue weighted by Crippen LogP contribution is 2.17. The predicted molar refractivity (Wildman–Crippen MR) is 104 cm³/mol. The second kappa shape index (κ2) is 8.37. The third-order valence-electron chi connectivity index (χ3n) is 4.24. The average Bonchev–Trinajstić information content (AvgIpc) is 2.84. The summed E-state index contributed by atoms with van der Waals surface area (Å²) in [7, 11) is 0. The maximum atomic E-state index is 11.9. The number of nitrogens with zero attached hydrogens (tertiary/aromatic N) is 2. The Labute approximate surface area is 152 Å². The van der Waals surface area contributed by atoms with Gasteiger partial charge >= 0.3 is 5.69 Å². The lowest BCUT2D eigenvalue weighted by molar-refractivity contribution is 0.412. The molecular formula is C16H24IN5O. The maximum absolute atomic E-state index is 11.9. The summed E-state index contributed by atoms with van der Waals surface area (Å²) in [5, 5.41) is 3.28. The number of H-pyrrole nitrogens is 1. The van der Waals surface area contributed by atoms with Gasteiger partial charge in [-0.2, -0.15) is 0 Å². The number of aliphatic imine (C=N–C) groups is 1. The molecule has 1 aliphatic rings. The monoisotopic (exact) mass is 429 g/mol. The molecule has 4 N–H and O–H groups in total. The van der Waals surface area contributed by atoms with E-state index in [0.29, 0.717) is 25.1 Å². The Bertz CT molecular complexity index is 715. The summed E-state index contributed by atoms with van der Waals surface area (Å²) < 4.78 is 1.70. The van der Waals surface area contributed by atoms with Crippen LogP contribution in [0.1, 0.15) is 32.1 Å². The Hall–Kier alpha value is -1.51. The van der Waals surface area contributed by atoms with E-state index in [1.807, 2.05) is 24.3 Å². The summed E-state index contributed by atoms with van der Waals surface area (Å²) >= 11 is 0. The van der Waals surface area contributed by atoms with Crippen LogP contribution in [0.2, 0.25) is 0 Å². The van der Waals surface area contributed by atoms with E-state index in [-0.39, 0.29) is 29.7 Å². The number of nitrogens with two attached hydrogens (primary N) is 1. The molecule has 1 aromatic heterocycles. The molecule has 1 saturated carbocycles. The number of nitrogens with one attached hydrogen (secondary N) is 2. The summed E-state index contributed by atoms with van der Waals surface area (Å²) in [4.78, 5) is 19.1. The molecule has 1 aromatic carbocycles. The number of hydrogen-bond acceptors (Lipinski definition) is 2. The van der Waals surface area contributed by atoms with Crippen molar-refractivity contribution in [3.05, 3.63) is 34.7 Å². The van der Waals surface area contributed by atoms with E-state index in [2.05, 4.69) is 15.3 Å². The Morgan fingerprint density at radius 1 is 1.30 bits per heavy atom. The van der Waals surface area contributed by atoms with Gasteiger partial charge in [-0.05, 0) is 25.0 Å². The van der Waals surface area contributed by atoms with Crippen LogP contribution in [0.4, 0.5) is 0 Å². The molecule has 0 aliphatic heterocycles. The Morgan fingerprint density at radius 3 is 2.83 bits per heavy atom. The SMILES string of the molecule is I.NC(=NCCn1c(=O)[nH]c2ccccc21)NC1CCCCC1. The Kier molecular flexibility index (Phi) is 6.49. The van der Waals surface area contributed by atoms with Gasteiger partial charge in [0.1, 0.15) is 0 Å². The molecule has 6 nitrogen and oxygen atoms in total. The van der Waals surface area contributed by atoms with Gasteiger partial charge in [0.2, 0.25) is 0 Å². The highest BCUT2D eigenvalue weighted by atomic mass is 127. The minimum absolute atomic E-state index is 0. The Balaban J connectivity index is 0.00000192. The first-order valence-electron chi connectivity index (χ1n) is 7.98. The van der Waals surface area contributed by atoms with Gasteiger partial charge in [-0.1, -0.05) is 31.4 Å². The minimum atomic E-state index is -0.102. The molecule has 0 bridgehead atoms. The molecule has 0 amide bonds. The lowest BCUT2D eigenvalue weighted by Gasteiger charge is -2.23. The number of rotatable bonds is 4. The molecule has 0 unspecified atom stereocenters. The van der Waals surface area contributed by atoms with E-state index in [0.717, 1.165) is 23.9 Å². The number of benzene rings is 1. The highest BCUT2D eigenvalue weighted by Gasteiger charge is 2.13. The van der Waals surface area contributed by atoms with Crippen LogP contribution >= 0.6 is 24.0 Å². The zero-order valence-electron chi connectivity index (χ0n) is 13.1. The van der Waals surface area contributed by atoms with Crippen LogP contribution in [0.3, 0.4) is 0 Å². The predicted octanol–water partition coefficient (Wildman–Crippen LogP) is 2.18. The molecule has 1 aliphatic carbocycles. The standard InChI is InChI=1S/C16H23N5O.HI/c17-15(19-12-6-2-1-3-7-12)18-10-11-21-14-9-5-4-8-13(14)20-16(21)22;/h4-5,8-9,12H,1-3,6-7,10-11H2,(H,20,22)(H3,17,18,19);1H. The largest absolute Gasteiger partial charge is 0.370 e. The molecule has 7 heteroatoms. The van der Waals surface area contributed by atoms with Gasteiger partial charge in [-0.25, -0.2) is 4.79 Å². The second-order valence-corrected chi connectivity index (χ2v) is 5.85. The molecule has 126 valence electrons. The molecule has 0 spiro atoms. The number of aromatic amines is 1. The van der Waals surface area contributed by atoms with Gasteiger partial charge in [0, 0.05) is 12.6 Å². The summed E-state index contributed by atoms with van der Waals surface area (Å²) in [6.07, 6.45) is 6.17. The first-order chi connectivity index (χ1) is 10.7. The maximum Gasteiger partial charge on any atom is 0.326 e. The molecule has 23 heavy (non-hydrogen) atoms. The van der Waals surface area contributed by atoms with Crippen LogP contribution in [-0.2, 0) is 6.54 Å². The summed E-state index contributed by atoms with van der Waals surface area (Å²) in [5.74, 6) is 0.486. The number of guanidine groups is 1. The molecule has 0 atom stereocenters. The first kappa shape index (κ1) is 17.8. The summed E-state index contributed by atoms with van der Waals surface area (Å²) in [6, 6.07) is 8.12. The van der Waals surface area contributed by atoms with Gasteiger partial charge in [0.05, 0.1) is 17.6 Å². The number of aromatic nitrogens is 2. The fourth-order valence-corrected chi connectivity index (χ4v) is 3.10. The van der Waals surface area contributed by atoms with Crippen molar-refractivity contribution in [3.63, 3.8) is 0 Å². The van der Waals surface area contributed by atoms with E-state index in [1.165, 1.54) is 19.3 Å². The quantitative estimate of drug-likeness (QED) is 0.396. The highest BCUT2D eigenvalue weighted by molar-refractivity contribution is 14.0. The van der Waals surface area contributed by atoms with Crippen molar-refractivity contribution >= 4 is 41.0 Å². The van der Waals surface area contributed by atoms with Crippen molar-refractivity contribution in [1.82, 2.24) is 14.9 Å². The van der Waals surface area contributed by atoms with Crippen LogP contribution in [0.5, 0.6) is 0 Å². The van der Waals surface area contributed by atoms with Gasteiger partial charge in [0.15, 0.2) is 5.96 Å². The topological polar surface area (TPSA) is 88.2 Å². The lowest BCUT2D eigenvalue weighted by Crippen LogP contribution is -2.41. The van der Waals surface area contributed by atoms with E-state index in [9.17, 15) is 4.79 Å². The number of imidazole rings is 1. The Morgan fingerprint density at radius 2 is 2.04 bits per heavy atom.